The monoisotopic (exact) mass is 384 g/mol. The Morgan fingerprint density at radius 3 is 2.70 bits per heavy atom. The molecule has 1 aromatic carbocycles. The van der Waals surface area contributed by atoms with Gasteiger partial charge in [-0.25, -0.2) is 9.78 Å². The second-order valence-corrected chi connectivity index (χ2v) is 6.84. The highest BCUT2D eigenvalue weighted by molar-refractivity contribution is 7.98. The van der Waals surface area contributed by atoms with Crippen molar-refractivity contribution in [1.82, 2.24) is 10.1 Å². The minimum absolute atomic E-state index is 0.161. The first-order valence-corrected chi connectivity index (χ1v) is 9.47. The van der Waals surface area contributed by atoms with Crippen LogP contribution in [-0.2, 0) is 10.5 Å². The number of pyridine rings is 1. The average Bonchev–Trinajstić information content (AvgIpc) is 3.10. The number of hydrogen-bond acceptors (Lipinski definition) is 7. The summed E-state index contributed by atoms with van der Waals surface area (Å²) in [7, 11) is 0. The molecule has 0 bridgehead atoms. The summed E-state index contributed by atoms with van der Waals surface area (Å²) in [5, 5.41) is 4.54. The number of nitrogens with zero attached hydrogens (tertiary/aromatic N) is 2. The van der Waals surface area contributed by atoms with E-state index in [1.54, 1.807) is 18.3 Å². The summed E-state index contributed by atoms with van der Waals surface area (Å²) in [5.74, 6) is 1.64. The molecule has 2 heterocycles. The Bertz CT molecular complexity index is 893. The highest BCUT2D eigenvalue weighted by atomic mass is 32.2. The van der Waals surface area contributed by atoms with Crippen LogP contribution in [0.5, 0.6) is 5.75 Å². The van der Waals surface area contributed by atoms with E-state index in [-0.39, 0.29) is 13.2 Å². The van der Waals surface area contributed by atoms with Crippen LogP contribution in [0.25, 0.3) is 0 Å². The molecule has 3 aromatic rings. The highest BCUT2D eigenvalue weighted by Gasteiger charge is 2.15. The lowest BCUT2D eigenvalue weighted by Gasteiger charge is -2.09. The van der Waals surface area contributed by atoms with Crippen molar-refractivity contribution in [3.63, 3.8) is 0 Å². The number of carbonyl (C=O) groups is 1. The Hall–Kier alpha value is -2.80. The molecule has 2 aromatic heterocycles. The Balaban J connectivity index is 1.51. The summed E-state index contributed by atoms with van der Waals surface area (Å²) < 4.78 is 15.9. The lowest BCUT2D eigenvalue weighted by Crippen LogP contribution is -2.13. The molecule has 0 radical (unpaired) electrons. The maximum atomic E-state index is 12.4. The third-order valence-electron chi connectivity index (χ3n) is 3.63. The smallest absolute Gasteiger partial charge is 0.341 e. The molecule has 0 aliphatic carbocycles. The van der Waals surface area contributed by atoms with Crippen molar-refractivity contribution in [3.8, 4) is 5.75 Å². The van der Waals surface area contributed by atoms with Crippen molar-refractivity contribution >= 4 is 17.7 Å². The quantitative estimate of drug-likeness (QED) is 0.327. The maximum absolute atomic E-state index is 12.4. The predicted molar refractivity (Wildman–Crippen MR) is 102 cm³/mol. The molecule has 0 atom stereocenters. The average molecular weight is 384 g/mol. The third-order valence-corrected chi connectivity index (χ3v) is 4.67. The van der Waals surface area contributed by atoms with Crippen molar-refractivity contribution in [1.29, 1.82) is 0 Å². The van der Waals surface area contributed by atoms with Crippen LogP contribution >= 0.6 is 11.8 Å². The first-order chi connectivity index (χ1) is 13.1. The van der Waals surface area contributed by atoms with Crippen LogP contribution in [0.4, 0.5) is 0 Å². The summed E-state index contributed by atoms with van der Waals surface area (Å²) in [4.78, 5) is 16.6. The second kappa shape index (κ2) is 9.23. The van der Waals surface area contributed by atoms with Crippen molar-refractivity contribution < 1.29 is 18.8 Å². The molecule has 0 amide bonds. The SMILES string of the molecule is Cc1ccc(OCCOC(=O)c2cccnc2SCc2cc(C)on2)cc1. The number of benzene rings is 1. The van der Waals surface area contributed by atoms with Crippen molar-refractivity contribution in [3.05, 3.63) is 71.2 Å². The topological polar surface area (TPSA) is 74.5 Å². The van der Waals surface area contributed by atoms with E-state index >= 15 is 0 Å². The molecular formula is C20H20N2O4S. The zero-order valence-electron chi connectivity index (χ0n) is 15.2. The van der Waals surface area contributed by atoms with Crippen LogP contribution in [0.1, 0.15) is 27.4 Å². The molecule has 0 saturated heterocycles. The summed E-state index contributed by atoms with van der Waals surface area (Å²) in [6, 6.07) is 13.0. The fraction of sp³-hybridized carbons (Fsp3) is 0.250. The maximum Gasteiger partial charge on any atom is 0.341 e. The molecule has 0 spiro atoms. The third kappa shape index (κ3) is 5.59. The van der Waals surface area contributed by atoms with Gasteiger partial charge in [-0.2, -0.15) is 0 Å². The molecule has 140 valence electrons. The van der Waals surface area contributed by atoms with Gasteiger partial charge in [-0.05, 0) is 38.1 Å². The summed E-state index contributed by atoms with van der Waals surface area (Å²) in [5.41, 5.74) is 2.39. The van der Waals surface area contributed by atoms with Crippen LogP contribution in [0.15, 0.2) is 58.2 Å². The molecule has 0 saturated carbocycles. The summed E-state index contributed by atoms with van der Waals surface area (Å²) in [6.45, 7) is 4.30. The van der Waals surface area contributed by atoms with Gasteiger partial charge in [0.2, 0.25) is 0 Å². The molecular weight excluding hydrogens is 364 g/mol. The van der Waals surface area contributed by atoms with Crippen LogP contribution in [0.2, 0.25) is 0 Å². The molecule has 0 aliphatic rings. The van der Waals surface area contributed by atoms with E-state index < -0.39 is 5.97 Å². The van der Waals surface area contributed by atoms with Gasteiger partial charge in [0.05, 0.1) is 11.3 Å². The Morgan fingerprint density at radius 2 is 1.96 bits per heavy atom. The first kappa shape index (κ1) is 19.0. The summed E-state index contributed by atoms with van der Waals surface area (Å²) >= 11 is 1.41. The van der Waals surface area contributed by atoms with E-state index in [1.807, 2.05) is 44.2 Å². The number of rotatable bonds is 8. The van der Waals surface area contributed by atoms with E-state index in [0.29, 0.717) is 16.3 Å². The van der Waals surface area contributed by atoms with Gasteiger partial charge in [-0.15, -0.1) is 0 Å². The zero-order valence-corrected chi connectivity index (χ0v) is 16.0. The number of hydrogen-bond donors (Lipinski definition) is 0. The van der Waals surface area contributed by atoms with Crippen molar-refractivity contribution in [2.45, 2.75) is 24.6 Å². The summed E-state index contributed by atoms with van der Waals surface area (Å²) in [6.07, 6.45) is 1.65. The van der Waals surface area contributed by atoms with Gasteiger partial charge in [-0.1, -0.05) is 34.6 Å². The van der Waals surface area contributed by atoms with Gasteiger partial charge in [0.25, 0.3) is 0 Å². The van der Waals surface area contributed by atoms with Crippen molar-refractivity contribution in [2.75, 3.05) is 13.2 Å². The number of aryl methyl sites for hydroxylation is 2. The van der Waals surface area contributed by atoms with Crippen molar-refractivity contribution in [2.24, 2.45) is 0 Å². The van der Waals surface area contributed by atoms with Gasteiger partial charge < -0.3 is 14.0 Å². The Kier molecular flexibility index (Phi) is 6.49. The molecule has 0 N–H and O–H groups in total. The fourth-order valence-corrected chi connectivity index (χ4v) is 3.16. The fourth-order valence-electron chi connectivity index (χ4n) is 2.30. The minimum atomic E-state index is -0.422. The zero-order chi connectivity index (χ0) is 19.1. The molecule has 0 aliphatic heterocycles. The van der Waals surface area contributed by atoms with Gasteiger partial charge in [0, 0.05) is 18.0 Å². The highest BCUT2D eigenvalue weighted by Crippen LogP contribution is 2.24. The minimum Gasteiger partial charge on any atom is -0.490 e. The van der Waals surface area contributed by atoms with Gasteiger partial charge in [-0.3, -0.25) is 0 Å². The van der Waals surface area contributed by atoms with Gasteiger partial charge in [0.1, 0.15) is 29.7 Å². The lowest BCUT2D eigenvalue weighted by atomic mass is 10.2. The normalized spacial score (nSPS) is 10.6. The lowest BCUT2D eigenvalue weighted by molar-refractivity contribution is 0.0445. The molecule has 7 heteroatoms. The number of thioether (sulfide) groups is 1. The first-order valence-electron chi connectivity index (χ1n) is 8.48. The molecule has 27 heavy (non-hydrogen) atoms. The van der Waals surface area contributed by atoms with E-state index in [1.165, 1.54) is 11.8 Å². The van der Waals surface area contributed by atoms with Crippen LogP contribution in [-0.4, -0.2) is 29.3 Å². The number of ether oxygens (including phenoxy) is 2. The van der Waals surface area contributed by atoms with E-state index in [2.05, 4.69) is 10.1 Å². The van der Waals surface area contributed by atoms with Gasteiger partial charge >= 0.3 is 5.97 Å². The predicted octanol–water partition coefficient (Wildman–Crippen LogP) is 4.21. The second-order valence-electron chi connectivity index (χ2n) is 5.87. The molecule has 0 fully saturated rings. The van der Waals surface area contributed by atoms with Crippen LogP contribution in [0.3, 0.4) is 0 Å². The molecule has 0 unspecified atom stereocenters. The largest absolute Gasteiger partial charge is 0.490 e. The van der Waals surface area contributed by atoms with Crippen LogP contribution < -0.4 is 4.74 Å². The molecule has 6 nitrogen and oxygen atoms in total. The number of esters is 1. The molecule has 3 rings (SSSR count). The van der Waals surface area contributed by atoms with Gasteiger partial charge in [0.15, 0.2) is 0 Å². The Morgan fingerprint density at radius 1 is 1.15 bits per heavy atom. The van der Waals surface area contributed by atoms with E-state index in [4.69, 9.17) is 14.0 Å². The number of aromatic nitrogens is 2. The number of carbonyl (C=O) groups excluding carboxylic acids is 1. The standard InChI is InChI=1S/C20H20N2O4S/c1-14-5-7-17(8-6-14)24-10-11-25-20(23)18-4-3-9-21-19(18)27-13-16-12-15(2)26-22-16/h3-9,12H,10-11,13H2,1-2H3. The van der Waals surface area contributed by atoms with E-state index in [0.717, 1.165) is 22.8 Å². The Labute approximate surface area is 161 Å². The van der Waals surface area contributed by atoms with E-state index in [9.17, 15) is 4.79 Å². The van der Waals surface area contributed by atoms with Crippen LogP contribution in [0, 0.1) is 13.8 Å².